The van der Waals surface area contributed by atoms with Gasteiger partial charge in [0.2, 0.25) is 5.91 Å². The smallest absolute Gasteiger partial charge is 0.231 e. The standard InChI is InChI=1S/C20H17Cl4F2NO/c1-2-3-4-11-7-12(9-14(22)18(11)26)27-19(28)17-16(20(17,23)24)10-5-6-15(25)13(21)8-10/h5-9,16-17H,2-4H2,1H3,(H,27,28). The van der Waals surface area contributed by atoms with Crippen molar-refractivity contribution in [2.45, 2.75) is 36.4 Å². The average Bonchev–Trinajstić information content (AvgIpc) is 3.21. The number of carbonyl (C=O) groups is 1. The van der Waals surface area contributed by atoms with Gasteiger partial charge in [-0.05, 0) is 48.2 Å². The lowest BCUT2D eigenvalue weighted by molar-refractivity contribution is -0.117. The van der Waals surface area contributed by atoms with Crippen molar-refractivity contribution in [2.24, 2.45) is 5.92 Å². The summed E-state index contributed by atoms with van der Waals surface area (Å²) in [5.74, 6) is -2.78. The fraction of sp³-hybridized carbons (Fsp3) is 0.350. The Kier molecular flexibility index (Phi) is 6.45. The number of hydrogen-bond acceptors (Lipinski definition) is 1. The highest BCUT2D eigenvalue weighted by Crippen LogP contribution is 2.65. The summed E-state index contributed by atoms with van der Waals surface area (Å²) in [4.78, 5) is 12.7. The molecule has 1 amide bonds. The third-order valence-corrected chi connectivity index (χ3v) is 6.31. The van der Waals surface area contributed by atoms with Crippen LogP contribution in [0.15, 0.2) is 30.3 Å². The molecule has 1 N–H and O–H groups in total. The molecule has 0 aliphatic heterocycles. The van der Waals surface area contributed by atoms with Gasteiger partial charge in [0.15, 0.2) is 0 Å². The molecule has 150 valence electrons. The second-order valence-corrected chi connectivity index (χ2v) is 9.09. The topological polar surface area (TPSA) is 29.1 Å². The molecule has 2 aromatic rings. The number of unbranched alkanes of at least 4 members (excludes halogenated alkanes) is 1. The summed E-state index contributed by atoms with van der Waals surface area (Å²) in [6.45, 7) is 2.00. The van der Waals surface area contributed by atoms with E-state index < -0.39 is 33.7 Å². The monoisotopic (exact) mass is 465 g/mol. The van der Waals surface area contributed by atoms with Gasteiger partial charge in [0, 0.05) is 11.6 Å². The highest BCUT2D eigenvalue weighted by atomic mass is 35.5. The van der Waals surface area contributed by atoms with E-state index >= 15 is 0 Å². The van der Waals surface area contributed by atoms with Gasteiger partial charge in [-0.15, -0.1) is 23.2 Å². The maximum Gasteiger partial charge on any atom is 0.231 e. The van der Waals surface area contributed by atoms with Crippen molar-refractivity contribution in [3.05, 3.63) is 63.1 Å². The van der Waals surface area contributed by atoms with E-state index in [1.807, 2.05) is 6.92 Å². The van der Waals surface area contributed by atoms with E-state index in [2.05, 4.69) is 5.32 Å². The van der Waals surface area contributed by atoms with Gasteiger partial charge in [0.25, 0.3) is 0 Å². The van der Waals surface area contributed by atoms with Crippen LogP contribution in [0.25, 0.3) is 0 Å². The van der Waals surface area contributed by atoms with Crippen molar-refractivity contribution in [2.75, 3.05) is 5.32 Å². The molecule has 2 aromatic carbocycles. The number of rotatable bonds is 6. The molecule has 1 saturated carbocycles. The van der Waals surface area contributed by atoms with Crippen LogP contribution in [0.4, 0.5) is 14.5 Å². The predicted molar refractivity (Wildman–Crippen MR) is 111 cm³/mol. The molecule has 0 heterocycles. The van der Waals surface area contributed by atoms with Crippen molar-refractivity contribution < 1.29 is 13.6 Å². The average molecular weight is 467 g/mol. The number of amides is 1. The van der Waals surface area contributed by atoms with E-state index in [4.69, 9.17) is 46.4 Å². The van der Waals surface area contributed by atoms with Gasteiger partial charge in [-0.3, -0.25) is 4.79 Å². The molecule has 3 rings (SSSR count). The Labute approximate surface area is 182 Å². The minimum absolute atomic E-state index is 0.0652. The van der Waals surface area contributed by atoms with Gasteiger partial charge in [-0.25, -0.2) is 8.78 Å². The van der Waals surface area contributed by atoms with Crippen molar-refractivity contribution in [1.29, 1.82) is 0 Å². The fourth-order valence-corrected chi connectivity index (χ4v) is 4.52. The number of carbonyl (C=O) groups excluding carboxylic acids is 1. The van der Waals surface area contributed by atoms with Crippen molar-refractivity contribution in [3.8, 4) is 0 Å². The van der Waals surface area contributed by atoms with E-state index in [1.165, 1.54) is 24.3 Å². The summed E-state index contributed by atoms with van der Waals surface area (Å²) >= 11 is 24.4. The first-order valence-corrected chi connectivity index (χ1v) is 10.3. The lowest BCUT2D eigenvalue weighted by atomic mass is 10.1. The van der Waals surface area contributed by atoms with Crippen LogP contribution in [0, 0.1) is 17.6 Å². The Hall–Kier alpha value is -1.07. The maximum absolute atomic E-state index is 14.2. The van der Waals surface area contributed by atoms with Crippen LogP contribution in [0.2, 0.25) is 10.0 Å². The van der Waals surface area contributed by atoms with Gasteiger partial charge in [-0.2, -0.15) is 0 Å². The summed E-state index contributed by atoms with van der Waals surface area (Å²) in [5, 5.41) is 2.57. The van der Waals surface area contributed by atoms with E-state index in [-0.39, 0.29) is 10.0 Å². The third-order valence-electron chi connectivity index (χ3n) is 4.81. The Bertz CT molecular complexity index is 919. The summed E-state index contributed by atoms with van der Waals surface area (Å²) < 4.78 is 26.2. The quantitative estimate of drug-likeness (QED) is 0.450. The number of halogens is 6. The number of benzene rings is 2. The fourth-order valence-electron chi connectivity index (χ4n) is 3.26. The summed E-state index contributed by atoms with van der Waals surface area (Å²) in [5.41, 5.74) is 1.37. The number of aryl methyl sites for hydroxylation is 1. The first-order valence-electron chi connectivity index (χ1n) is 8.78. The first-order chi connectivity index (χ1) is 13.2. The number of alkyl halides is 2. The predicted octanol–water partition coefficient (Wildman–Crippen LogP) is 7.14. The normalized spacial score (nSPS) is 20.1. The van der Waals surface area contributed by atoms with Crippen LogP contribution in [0.5, 0.6) is 0 Å². The summed E-state index contributed by atoms with van der Waals surface area (Å²) in [6, 6.07) is 7.02. The minimum atomic E-state index is -1.35. The number of hydrogen-bond donors (Lipinski definition) is 1. The second-order valence-electron chi connectivity index (χ2n) is 6.83. The molecule has 0 aromatic heterocycles. The molecule has 0 radical (unpaired) electrons. The largest absolute Gasteiger partial charge is 0.326 e. The Balaban J connectivity index is 1.79. The van der Waals surface area contributed by atoms with Crippen LogP contribution in [-0.4, -0.2) is 10.2 Å². The molecular formula is C20H17Cl4F2NO. The molecule has 8 heteroatoms. The highest BCUT2D eigenvalue weighted by molar-refractivity contribution is 6.53. The molecule has 0 spiro atoms. The van der Waals surface area contributed by atoms with Crippen LogP contribution < -0.4 is 5.32 Å². The highest BCUT2D eigenvalue weighted by Gasteiger charge is 2.67. The van der Waals surface area contributed by atoms with Crippen LogP contribution in [-0.2, 0) is 11.2 Å². The van der Waals surface area contributed by atoms with Crippen LogP contribution in [0.3, 0.4) is 0 Å². The molecule has 2 unspecified atom stereocenters. The Morgan fingerprint density at radius 3 is 2.50 bits per heavy atom. The van der Waals surface area contributed by atoms with Crippen LogP contribution >= 0.6 is 46.4 Å². The van der Waals surface area contributed by atoms with Crippen molar-refractivity contribution in [3.63, 3.8) is 0 Å². The zero-order chi connectivity index (χ0) is 20.6. The maximum atomic E-state index is 14.2. The number of anilines is 1. The zero-order valence-corrected chi connectivity index (χ0v) is 17.9. The molecule has 1 aliphatic rings. The third kappa shape index (κ3) is 4.25. The van der Waals surface area contributed by atoms with Gasteiger partial charge >= 0.3 is 0 Å². The van der Waals surface area contributed by atoms with E-state index in [1.54, 1.807) is 6.07 Å². The second kappa shape index (κ2) is 8.35. The van der Waals surface area contributed by atoms with E-state index in [0.29, 0.717) is 23.2 Å². The lowest BCUT2D eigenvalue weighted by Gasteiger charge is -2.10. The van der Waals surface area contributed by atoms with Crippen LogP contribution in [0.1, 0.15) is 36.8 Å². The molecule has 2 atom stereocenters. The molecule has 1 fully saturated rings. The van der Waals surface area contributed by atoms with Gasteiger partial charge in [-0.1, -0.05) is 42.6 Å². The molecular weight excluding hydrogens is 450 g/mol. The van der Waals surface area contributed by atoms with E-state index in [9.17, 15) is 13.6 Å². The zero-order valence-electron chi connectivity index (χ0n) is 14.8. The summed E-state index contributed by atoms with van der Waals surface area (Å²) in [6.07, 6.45) is 2.21. The molecule has 2 nitrogen and oxygen atoms in total. The molecule has 1 aliphatic carbocycles. The van der Waals surface area contributed by atoms with Crippen molar-refractivity contribution in [1.82, 2.24) is 0 Å². The lowest BCUT2D eigenvalue weighted by Crippen LogP contribution is -2.17. The molecule has 0 bridgehead atoms. The first kappa shape index (κ1) is 21.6. The SMILES string of the molecule is CCCCc1cc(NC(=O)C2C(c3ccc(F)c(Cl)c3)C2(Cl)Cl)cc(Cl)c1F. The Morgan fingerprint density at radius 1 is 1.14 bits per heavy atom. The number of nitrogens with one attached hydrogen (secondary N) is 1. The van der Waals surface area contributed by atoms with E-state index in [0.717, 1.165) is 12.8 Å². The molecule has 28 heavy (non-hydrogen) atoms. The summed E-state index contributed by atoms with van der Waals surface area (Å²) in [7, 11) is 0. The van der Waals surface area contributed by atoms with Crippen molar-refractivity contribution >= 4 is 58.0 Å². The minimum Gasteiger partial charge on any atom is -0.326 e. The molecule has 0 saturated heterocycles. The van der Waals surface area contributed by atoms with Gasteiger partial charge in [0.1, 0.15) is 16.0 Å². The van der Waals surface area contributed by atoms with Gasteiger partial charge in [0.05, 0.1) is 16.0 Å². The van der Waals surface area contributed by atoms with Gasteiger partial charge < -0.3 is 5.32 Å². The Morgan fingerprint density at radius 2 is 1.86 bits per heavy atom.